The highest BCUT2D eigenvalue weighted by molar-refractivity contribution is 5.82. The number of piperazine rings is 1. The highest BCUT2D eigenvalue weighted by Gasteiger charge is 2.33. The Bertz CT molecular complexity index is 770. The number of rotatable bonds is 5. The summed E-state index contributed by atoms with van der Waals surface area (Å²) >= 11 is 0. The second kappa shape index (κ2) is 8.84. The molecule has 1 amide bonds. The summed E-state index contributed by atoms with van der Waals surface area (Å²) in [5.74, 6) is 1.61. The van der Waals surface area contributed by atoms with Crippen LogP contribution in [0, 0.1) is 6.92 Å². The van der Waals surface area contributed by atoms with Crippen LogP contribution in [0.1, 0.15) is 36.5 Å². The number of aryl methyl sites for hydroxylation is 1. The number of nitrogens with zero attached hydrogens (tertiary/aromatic N) is 5. The van der Waals surface area contributed by atoms with Crippen molar-refractivity contribution in [2.75, 3.05) is 32.7 Å². The molecule has 0 bridgehead atoms. The second-order valence-electron chi connectivity index (χ2n) is 7.80. The van der Waals surface area contributed by atoms with Gasteiger partial charge in [-0.1, -0.05) is 41.9 Å². The summed E-state index contributed by atoms with van der Waals surface area (Å²) < 4.78 is 5.05. The van der Waals surface area contributed by atoms with E-state index in [-0.39, 0.29) is 6.04 Å². The quantitative estimate of drug-likeness (QED) is 0.788. The Morgan fingerprint density at radius 2 is 1.86 bits per heavy atom. The van der Waals surface area contributed by atoms with E-state index in [1.165, 1.54) is 12.0 Å². The molecule has 0 unspecified atom stereocenters. The summed E-state index contributed by atoms with van der Waals surface area (Å²) in [6.07, 6.45) is 3.28. The number of benzene rings is 1. The molecule has 1 aromatic heterocycles. The number of carbonyl (C=O) groups excluding carboxylic acids is 1. The summed E-state index contributed by atoms with van der Waals surface area (Å²) in [7, 11) is 0. The van der Waals surface area contributed by atoms with Crippen molar-refractivity contribution in [2.24, 2.45) is 0 Å². The molecule has 0 N–H and O–H groups in total. The maximum Gasteiger partial charge on any atom is 0.240 e. The maximum atomic E-state index is 13.2. The zero-order valence-electron chi connectivity index (χ0n) is 16.6. The molecular weight excluding hydrogens is 354 g/mol. The fraction of sp³-hybridized carbons (Fsp3) is 0.571. The molecule has 0 radical (unpaired) electrons. The summed E-state index contributed by atoms with van der Waals surface area (Å²) in [5.41, 5.74) is 1.28. The fourth-order valence-corrected chi connectivity index (χ4v) is 4.22. The lowest BCUT2D eigenvalue weighted by atomic mass is 9.99. The van der Waals surface area contributed by atoms with Crippen LogP contribution in [-0.4, -0.2) is 69.5 Å². The molecule has 0 spiro atoms. The van der Waals surface area contributed by atoms with Gasteiger partial charge >= 0.3 is 0 Å². The highest BCUT2D eigenvalue weighted by atomic mass is 16.5. The monoisotopic (exact) mass is 383 g/mol. The third kappa shape index (κ3) is 4.59. The average Bonchev–Trinajstić information content (AvgIpc) is 3.14. The van der Waals surface area contributed by atoms with E-state index < -0.39 is 0 Å². The van der Waals surface area contributed by atoms with Gasteiger partial charge in [0.2, 0.25) is 11.8 Å². The zero-order valence-corrected chi connectivity index (χ0v) is 16.6. The van der Waals surface area contributed by atoms with E-state index in [2.05, 4.69) is 44.2 Å². The number of carbonyl (C=O) groups is 1. The maximum absolute atomic E-state index is 13.2. The van der Waals surface area contributed by atoms with Crippen molar-refractivity contribution in [2.45, 2.75) is 45.3 Å². The average molecular weight is 383 g/mol. The Morgan fingerprint density at radius 3 is 2.57 bits per heavy atom. The number of hydrogen-bond donors (Lipinski definition) is 0. The smallest absolute Gasteiger partial charge is 0.240 e. The van der Waals surface area contributed by atoms with Gasteiger partial charge in [0, 0.05) is 39.6 Å². The molecule has 0 saturated carbocycles. The van der Waals surface area contributed by atoms with Crippen molar-refractivity contribution in [3.05, 3.63) is 47.6 Å². The van der Waals surface area contributed by atoms with Gasteiger partial charge < -0.3 is 9.42 Å². The van der Waals surface area contributed by atoms with Crippen molar-refractivity contribution in [3.63, 3.8) is 0 Å². The Kier molecular flexibility index (Phi) is 6.02. The van der Waals surface area contributed by atoms with Crippen LogP contribution >= 0.6 is 0 Å². The molecule has 4 rings (SSSR count). The van der Waals surface area contributed by atoms with Gasteiger partial charge in [0.15, 0.2) is 5.82 Å². The van der Waals surface area contributed by atoms with E-state index in [0.717, 1.165) is 57.9 Å². The molecule has 1 atom stereocenters. The predicted molar refractivity (Wildman–Crippen MR) is 105 cm³/mol. The molecule has 2 saturated heterocycles. The van der Waals surface area contributed by atoms with Gasteiger partial charge in [0.05, 0.1) is 12.6 Å². The molecule has 2 aliphatic rings. The van der Waals surface area contributed by atoms with Crippen LogP contribution in [0.5, 0.6) is 0 Å². The number of amides is 1. The largest absolute Gasteiger partial charge is 0.340 e. The second-order valence-corrected chi connectivity index (χ2v) is 7.80. The highest BCUT2D eigenvalue weighted by Crippen LogP contribution is 2.22. The van der Waals surface area contributed by atoms with Gasteiger partial charge in [-0.05, 0) is 24.9 Å². The van der Waals surface area contributed by atoms with E-state index in [0.29, 0.717) is 18.3 Å². The Balaban J connectivity index is 1.32. The molecule has 28 heavy (non-hydrogen) atoms. The topological polar surface area (TPSA) is 65.7 Å². The van der Waals surface area contributed by atoms with E-state index in [1.54, 1.807) is 6.92 Å². The third-order valence-corrected chi connectivity index (χ3v) is 5.75. The lowest BCUT2D eigenvalue weighted by Gasteiger charge is -2.40. The van der Waals surface area contributed by atoms with E-state index in [9.17, 15) is 4.79 Å². The first kappa shape index (κ1) is 19.1. The van der Waals surface area contributed by atoms with Gasteiger partial charge in [0.25, 0.3) is 0 Å². The van der Waals surface area contributed by atoms with Crippen LogP contribution in [0.25, 0.3) is 0 Å². The first-order valence-corrected chi connectivity index (χ1v) is 10.3. The lowest BCUT2D eigenvalue weighted by molar-refractivity contribution is -0.140. The van der Waals surface area contributed by atoms with Gasteiger partial charge in [-0.25, -0.2) is 0 Å². The third-order valence-electron chi connectivity index (χ3n) is 5.75. The number of likely N-dealkylation sites (tertiary alicyclic amines) is 1. The molecule has 2 fully saturated rings. The first-order chi connectivity index (χ1) is 13.7. The molecule has 150 valence electrons. The van der Waals surface area contributed by atoms with Gasteiger partial charge in [0.1, 0.15) is 0 Å². The van der Waals surface area contributed by atoms with Gasteiger partial charge in [-0.2, -0.15) is 4.98 Å². The van der Waals surface area contributed by atoms with Gasteiger partial charge in [-0.15, -0.1) is 0 Å². The predicted octanol–water partition coefficient (Wildman–Crippen LogP) is 2.08. The molecule has 3 heterocycles. The summed E-state index contributed by atoms with van der Waals surface area (Å²) in [4.78, 5) is 24.2. The molecule has 1 aromatic carbocycles. The van der Waals surface area contributed by atoms with E-state index in [4.69, 9.17) is 4.52 Å². The number of aromatic nitrogens is 2. The minimum Gasteiger partial charge on any atom is -0.340 e. The number of hydrogen-bond acceptors (Lipinski definition) is 6. The SMILES string of the molecule is Cc1nc(CN2CCN(C(=O)[C@@H]3CCCCN3Cc3ccccc3)CC2)no1. The Hall–Kier alpha value is -2.25. The fourth-order valence-electron chi connectivity index (χ4n) is 4.22. The van der Waals surface area contributed by atoms with Crippen LogP contribution in [0.4, 0.5) is 0 Å². The summed E-state index contributed by atoms with van der Waals surface area (Å²) in [5, 5.41) is 3.97. The first-order valence-electron chi connectivity index (χ1n) is 10.3. The van der Waals surface area contributed by atoms with E-state index in [1.807, 2.05) is 11.0 Å². The van der Waals surface area contributed by atoms with Crippen LogP contribution < -0.4 is 0 Å². The standard InChI is InChI=1S/C21H29N5O2/c1-17-22-20(23-28-17)16-24-11-13-25(14-12-24)21(27)19-9-5-6-10-26(19)15-18-7-3-2-4-8-18/h2-4,7-8,19H,5-6,9-16H2,1H3/t19-/m0/s1. The molecule has 7 nitrogen and oxygen atoms in total. The molecular formula is C21H29N5O2. The van der Waals surface area contributed by atoms with Crippen LogP contribution in [0.15, 0.2) is 34.9 Å². The molecule has 2 aliphatic heterocycles. The van der Waals surface area contributed by atoms with Gasteiger partial charge in [-0.3, -0.25) is 14.6 Å². The van der Waals surface area contributed by atoms with Crippen molar-refractivity contribution >= 4 is 5.91 Å². The van der Waals surface area contributed by atoms with Crippen LogP contribution in [0.3, 0.4) is 0 Å². The molecule has 2 aromatic rings. The normalized spacial score (nSPS) is 21.8. The zero-order chi connectivity index (χ0) is 19.3. The summed E-state index contributed by atoms with van der Waals surface area (Å²) in [6, 6.07) is 10.5. The van der Waals surface area contributed by atoms with Crippen molar-refractivity contribution in [1.82, 2.24) is 24.8 Å². The lowest BCUT2D eigenvalue weighted by Crippen LogP contribution is -2.55. The van der Waals surface area contributed by atoms with E-state index >= 15 is 0 Å². The minimum absolute atomic E-state index is 0.0142. The van der Waals surface area contributed by atoms with Crippen molar-refractivity contribution < 1.29 is 9.32 Å². The van der Waals surface area contributed by atoms with Crippen molar-refractivity contribution in [1.29, 1.82) is 0 Å². The molecule has 7 heteroatoms. The van der Waals surface area contributed by atoms with Crippen molar-refractivity contribution in [3.8, 4) is 0 Å². The van der Waals surface area contributed by atoms with Crippen LogP contribution in [-0.2, 0) is 17.9 Å². The Labute approximate surface area is 166 Å². The van der Waals surface area contributed by atoms with Crippen LogP contribution in [0.2, 0.25) is 0 Å². The minimum atomic E-state index is 0.0142. The summed E-state index contributed by atoms with van der Waals surface area (Å²) in [6.45, 7) is 7.59. The molecule has 0 aliphatic carbocycles. The Morgan fingerprint density at radius 1 is 1.07 bits per heavy atom. The number of piperidine rings is 1.